The fraction of sp³-hybridized carbons (Fsp3) is 0.389. The molecule has 2 aliphatic rings. The molecule has 0 saturated carbocycles. The number of nitrogens with zero attached hydrogens (tertiary/aromatic N) is 3. The molecule has 6 heteroatoms. The van der Waals surface area contributed by atoms with Crippen LogP contribution in [-0.4, -0.2) is 41.3 Å². The number of likely N-dealkylation sites (tertiary alicyclic amines) is 1. The first-order chi connectivity index (χ1) is 11.7. The first-order valence-electron chi connectivity index (χ1n) is 8.31. The van der Waals surface area contributed by atoms with Crippen LogP contribution in [0.1, 0.15) is 28.9 Å². The predicted octanol–water partition coefficient (Wildman–Crippen LogP) is 2.58. The minimum Gasteiger partial charge on any atom is -0.337 e. The normalized spacial score (nSPS) is 17.8. The van der Waals surface area contributed by atoms with Gasteiger partial charge in [-0.2, -0.15) is 0 Å². The van der Waals surface area contributed by atoms with Gasteiger partial charge in [-0.15, -0.1) is 11.3 Å². The van der Waals surface area contributed by atoms with E-state index in [2.05, 4.69) is 11.1 Å². The molecule has 124 valence electrons. The number of anilines is 1. The van der Waals surface area contributed by atoms with Gasteiger partial charge in [-0.05, 0) is 30.9 Å². The third kappa shape index (κ3) is 2.71. The van der Waals surface area contributed by atoms with Gasteiger partial charge in [0.25, 0.3) is 5.91 Å². The summed E-state index contributed by atoms with van der Waals surface area (Å²) < 4.78 is 0. The zero-order valence-electron chi connectivity index (χ0n) is 13.4. The number of amides is 2. The van der Waals surface area contributed by atoms with Crippen LogP contribution in [0.3, 0.4) is 0 Å². The van der Waals surface area contributed by atoms with Gasteiger partial charge in [0.2, 0.25) is 5.91 Å². The third-order valence-corrected chi connectivity index (χ3v) is 5.52. The molecule has 3 heterocycles. The maximum Gasteiger partial charge on any atom is 0.273 e. The van der Waals surface area contributed by atoms with E-state index in [1.165, 1.54) is 16.9 Å². The molecule has 1 aromatic carbocycles. The highest BCUT2D eigenvalue weighted by molar-refractivity contribution is 7.07. The lowest BCUT2D eigenvalue weighted by Gasteiger charge is -2.33. The average molecular weight is 341 g/mol. The Morgan fingerprint density at radius 1 is 1.12 bits per heavy atom. The summed E-state index contributed by atoms with van der Waals surface area (Å²) in [5.41, 5.74) is 4.50. The number of rotatable bonds is 2. The molecule has 4 rings (SSSR count). The van der Waals surface area contributed by atoms with Gasteiger partial charge in [-0.3, -0.25) is 9.59 Å². The number of benzene rings is 1. The number of hydrogen-bond acceptors (Lipinski definition) is 4. The van der Waals surface area contributed by atoms with E-state index in [0.717, 1.165) is 31.5 Å². The van der Waals surface area contributed by atoms with E-state index in [1.807, 2.05) is 28.0 Å². The molecule has 1 fully saturated rings. The fourth-order valence-electron chi connectivity index (χ4n) is 3.60. The molecule has 0 spiro atoms. The number of piperidine rings is 1. The van der Waals surface area contributed by atoms with Gasteiger partial charge < -0.3 is 9.80 Å². The monoisotopic (exact) mass is 341 g/mol. The number of thiazole rings is 1. The molecule has 2 amide bonds. The standard InChI is InChI=1S/C18H19N3O2S/c22-17(21-10-7-13-3-1-2-4-16(13)21)14-5-8-20(9-6-14)18(23)15-11-24-12-19-15/h1-4,11-12,14H,5-10H2. The molecule has 1 saturated heterocycles. The molecule has 5 nitrogen and oxygen atoms in total. The SMILES string of the molecule is O=C(c1cscn1)N1CCC(C(=O)N2CCc3ccccc32)CC1. The maximum absolute atomic E-state index is 12.9. The second-order valence-corrected chi connectivity index (χ2v) is 7.03. The van der Waals surface area contributed by atoms with Crippen molar-refractivity contribution in [3.63, 3.8) is 0 Å². The summed E-state index contributed by atoms with van der Waals surface area (Å²) in [4.78, 5) is 33.0. The van der Waals surface area contributed by atoms with Gasteiger partial charge >= 0.3 is 0 Å². The molecule has 0 N–H and O–H groups in total. The average Bonchev–Trinajstić information content (AvgIpc) is 3.30. The minimum atomic E-state index is -0.0198. The number of carbonyl (C=O) groups excluding carboxylic acids is 2. The molecule has 0 radical (unpaired) electrons. The number of para-hydroxylation sites is 1. The summed E-state index contributed by atoms with van der Waals surface area (Å²) in [6.45, 7) is 2.03. The zero-order chi connectivity index (χ0) is 16.5. The quantitative estimate of drug-likeness (QED) is 0.844. The highest BCUT2D eigenvalue weighted by Gasteiger charge is 2.33. The molecule has 0 aliphatic carbocycles. The Kier molecular flexibility index (Phi) is 4.06. The van der Waals surface area contributed by atoms with Crippen molar-refractivity contribution >= 4 is 28.8 Å². The Hall–Kier alpha value is -2.21. The smallest absolute Gasteiger partial charge is 0.273 e. The van der Waals surface area contributed by atoms with E-state index in [9.17, 15) is 9.59 Å². The summed E-state index contributed by atoms with van der Waals surface area (Å²) >= 11 is 1.43. The number of carbonyl (C=O) groups is 2. The van der Waals surface area contributed by atoms with Crippen LogP contribution in [0.2, 0.25) is 0 Å². The van der Waals surface area contributed by atoms with Crippen molar-refractivity contribution in [1.82, 2.24) is 9.88 Å². The van der Waals surface area contributed by atoms with Gasteiger partial charge in [0.1, 0.15) is 5.69 Å². The van der Waals surface area contributed by atoms with Crippen LogP contribution < -0.4 is 4.90 Å². The highest BCUT2D eigenvalue weighted by atomic mass is 32.1. The maximum atomic E-state index is 12.9. The third-order valence-electron chi connectivity index (χ3n) is 4.94. The van der Waals surface area contributed by atoms with Crippen molar-refractivity contribution in [2.24, 2.45) is 5.92 Å². The van der Waals surface area contributed by atoms with E-state index in [1.54, 1.807) is 10.9 Å². The summed E-state index contributed by atoms with van der Waals surface area (Å²) in [7, 11) is 0. The lowest BCUT2D eigenvalue weighted by atomic mass is 9.95. The first-order valence-corrected chi connectivity index (χ1v) is 9.25. The summed E-state index contributed by atoms with van der Waals surface area (Å²) in [6.07, 6.45) is 2.39. The van der Waals surface area contributed by atoms with E-state index >= 15 is 0 Å². The molecule has 0 atom stereocenters. The van der Waals surface area contributed by atoms with E-state index in [4.69, 9.17) is 0 Å². The van der Waals surface area contributed by atoms with Gasteiger partial charge in [-0.1, -0.05) is 18.2 Å². The van der Waals surface area contributed by atoms with Crippen molar-refractivity contribution in [2.75, 3.05) is 24.5 Å². The van der Waals surface area contributed by atoms with Crippen molar-refractivity contribution in [3.05, 3.63) is 46.4 Å². The number of aromatic nitrogens is 1. The lowest BCUT2D eigenvalue weighted by molar-refractivity contribution is -0.123. The van der Waals surface area contributed by atoms with Crippen molar-refractivity contribution < 1.29 is 9.59 Å². The van der Waals surface area contributed by atoms with Gasteiger partial charge in [0.05, 0.1) is 5.51 Å². The largest absolute Gasteiger partial charge is 0.337 e. The summed E-state index contributed by atoms with van der Waals surface area (Å²) in [6, 6.07) is 8.13. The van der Waals surface area contributed by atoms with Crippen LogP contribution >= 0.6 is 11.3 Å². The van der Waals surface area contributed by atoms with Gasteiger partial charge in [-0.25, -0.2) is 4.98 Å². The van der Waals surface area contributed by atoms with Crippen LogP contribution in [0.25, 0.3) is 0 Å². The summed E-state index contributed by atoms with van der Waals surface area (Å²) in [5, 5.41) is 1.78. The lowest BCUT2D eigenvalue weighted by Crippen LogP contribution is -2.44. The fourth-order valence-corrected chi connectivity index (χ4v) is 4.12. The van der Waals surface area contributed by atoms with Crippen LogP contribution in [0.5, 0.6) is 0 Å². The van der Waals surface area contributed by atoms with Crippen LogP contribution in [-0.2, 0) is 11.2 Å². The highest BCUT2D eigenvalue weighted by Crippen LogP contribution is 2.31. The predicted molar refractivity (Wildman–Crippen MR) is 93.2 cm³/mol. The number of fused-ring (bicyclic) bond motifs is 1. The molecule has 2 aromatic rings. The molecular weight excluding hydrogens is 322 g/mol. The van der Waals surface area contributed by atoms with E-state index < -0.39 is 0 Å². The van der Waals surface area contributed by atoms with Crippen LogP contribution in [0, 0.1) is 5.92 Å². The van der Waals surface area contributed by atoms with Crippen LogP contribution in [0.15, 0.2) is 35.2 Å². The molecule has 2 aliphatic heterocycles. The van der Waals surface area contributed by atoms with Gasteiger partial charge in [0.15, 0.2) is 0 Å². The molecule has 0 bridgehead atoms. The van der Waals surface area contributed by atoms with E-state index in [0.29, 0.717) is 18.8 Å². The summed E-state index contributed by atoms with van der Waals surface area (Å²) in [5.74, 6) is 0.199. The Bertz CT molecular complexity index is 751. The van der Waals surface area contributed by atoms with Crippen molar-refractivity contribution in [3.8, 4) is 0 Å². The minimum absolute atomic E-state index is 0.00985. The van der Waals surface area contributed by atoms with Crippen molar-refractivity contribution in [2.45, 2.75) is 19.3 Å². The Labute approximate surface area is 144 Å². The molecule has 0 unspecified atom stereocenters. The topological polar surface area (TPSA) is 53.5 Å². The number of hydrogen-bond donors (Lipinski definition) is 0. The molecule has 1 aromatic heterocycles. The molecule has 24 heavy (non-hydrogen) atoms. The Morgan fingerprint density at radius 2 is 1.92 bits per heavy atom. The van der Waals surface area contributed by atoms with Crippen LogP contribution in [0.4, 0.5) is 5.69 Å². The first kappa shape index (κ1) is 15.3. The van der Waals surface area contributed by atoms with Crippen molar-refractivity contribution in [1.29, 1.82) is 0 Å². The second kappa shape index (κ2) is 6.36. The Morgan fingerprint density at radius 3 is 2.67 bits per heavy atom. The van der Waals surface area contributed by atoms with Gasteiger partial charge in [0, 0.05) is 36.6 Å². The van der Waals surface area contributed by atoms with E-state index in [-0.39, 0.29) is 17.7 Å². The second-order valence-electron chi connectivity index (χ2n) is 6.31. The molecular formula is C18H19N3O2S. The Balaban J connectivity index is 1.40. The zero-order valence-corrected chi connectivity index (χ0v) is 14.2.